The summed E-state index contributed by atoms with van der Waals surface area (Å²) in [6.45, 7) is -0.354. The van der Waals surface area contributed by atoms with Gasteiger partial charge in [0, 0.05) is 0 Å². The van der Waals surface area contributed by atoms with E-state index >= 15 is 0 Å². The second-order valence-electron chi connectivity index (χ2n) is 5.49. The fourth-order valence-electron chi connectivity index (χ4n) is 2.15. The van der Waals surface area contributed by atoms with E-state index in [9.17, 15) is 18.0 Å². The summed E-state index contributed by atoms with van der Waals surface area (Å²) in [5.74, 6) is 0.289. The molecule has 2 aromatic rings. The van der Waals surface area contributed by atoms with Crippen LogP contribution in [0.4, 0.5) is 10.7 Å². The number of nitrogens with zero attached hydrogens (tertiary/aromatic N) is 2. The maximum absolute atomic E-state index is 12.4. The third-order valence-electron chi connectivity index (χ3n) is 3.44. The van der Waals surface area contributed by atoms with Crippen LogP contribution in [0.2, 0.25) is 0 Å². The fraction of sp³-hybridized carbons (Fsp3) is 0.222. The molecule has 1 heterocycles. The Hall–Kier alpha value is -4.25. The molecule has 0 saturated carbocycles. The lowest BCUT2D eigenvalue weighted by Crippen LogP contribution is -2.37. The Kier molecular flexibility index (Phi) is 8.02. The highest BCUT2D eigenvalue weighted by Crippen LogP contribution is 2.32. The summed E-state index contributed by atoms with van der Waals surface area (Å²) in [6.07, 6.45) is 5.05. The molecule has 0 fully saturated rings. The van der Waals surface area contributed by atoms with Crippen LogP contribution in [0.15, 0.2) is 24.3 Å². The number of urea groups is 1. The Morgan fingerprint density at radius 3 is 2.31 bits per heavy atom. The first-order chi connectivity index (χ1) is 15.2. The number of hydrogen-bond donors (Lipinski definition) is 2. The van der Waals surface area contributed by atoms with Gasteiger partial charge in [0.05, 0.1) is 27.4 Å². The zero-order valence-electron chi connectivity index (χ0n) is 17.1. The summed E-state index contributed by atoms with van der Waals surface area (Å²) < 4.78 is 50.9. The number of carbonyl (C=O) groups is 2. The molecule has 0 aliphatic heterocycles. The summed E-state index contributed by atoms with van der Waals surface area (Å²) in [7, 11) is -0.936. The number of terminal acetylenes is 1. The molecule has 0 unspecified atom stereocenters. The molecule has 0 aliphatic rings. The molecular formula is C18H18N4O9S. The maximum Gasteiger partial charge on any atom is 0.411 e. The van der Waals surface area contributed by atoms with E-state index in [4.69, 9.17) is 29.6 Å². The number of amides is 2. The van der Waals surface area contributed by atoms with Crippen LogP contribution < -0.4 is 28.4 Å². The zero-order chi connectivity index (χ0) is 23.7. The van der Waals surface area contributed by atoms with Crippen LogP contribution in [-0.4, -0.2) is 58.3 Å². The Morgan fingerprint density at radius 1 is 1.09 bits per heavy atom. The largest absolute Gasteiger partial charge is 0.493 e. The number of anilines is 1. The quantitative estimate of drug-likeness (QED) is 0.395. The normalized spacial score (nSPS) is 10.3. The predicted octanol–water partition coefficient (Wildman–Crippen LogP) is 0.738. The summed E-state index contributed by atoms with van der Waals surface area (Å²) in [4.78, 5) is 32.0. The van der Waals surface area contributed by atoms with E-state index in [0.717, 1.165) is 0 Å². The SMILES string of the molecule is C#CCOC(=O)c1cccc(OC)c1OS(=O)(=O)NC(=O)Nc1nc(OC)cc(OC)n1. The molecule has 0 spiro atoms. The molecule has 1 aromatic heterocycles. The van der Waals surface area contributed by atoms with Crippen LogP contribution in [0.25, 0.3) is 0 Å². The molecule has 14 heteroatoms. The van der Waals surface area contributed by atoms with E-state index < -0.39 is 28.1 Å². The standard InChI is InChI=1S/C18H18N4O9S/c1-5-9-30-16(23)11-7-6-8-12(27-2)15(11)31-32(25,26)22-18(24)21-17-19-13(28-3)10-14(20-17)29-4/h1,6-8,10H,9H2,2-4H3,(H2,19,20,21,22,24). The molecule has 0 atom stereocenters. The lowest BCUT2D eigenvalue weighted by Gasteiger charge is -2.14. The lowest BCUT2D eigenvalue weighted by atomic mass is 10.2. The molecule has 13 nitrogen and oxygen atoms in total. The first-order valence-electron chi connectivity index (χ1n) is 8.50. The Labute approximate surface area is 183 Å². The number of aromatic nitrogens is 2. The molecule has 0 radical (unpaired) electrons. The van der Waals surface area contributed by atoms with E-state index in [2.05, 4.69) is 21.2 Å². The van der Waals surface area contributed by atoms with Gasteiger partial charge >= 0.3 is 22.3 Å². The number of benzene rings is 1. The van der Waals surface area contributed by atoms with Crippen molar-refractivity contribution in [3.05, 3.63) is 29.8 Å². The summed E-state index contributed by atoms with van der Waals surface area (Å²) in [5.41, 5.74) is -0.300. The van der Waals surface area contributed by atoms with Gasteiger partial charge in [0.25, 0.3) is 0 Å². The number of para-hydroxylation sites is 1. The van der Waals surface area contributed by atoms with Crippen LogP contribution in [0, 0.1) is 12.3 Å². The van der Waals surface area contributed by atoms with Crippen LogP contribution in [0.3, 0.4) is 0 Å². The van der Waals surface area contributed by atoms with Crippen LogP contribution >= 0.6 is 0 Å². The minimum Gasteiger partial charge on any atom is -0.493 e. The van der Waals surface area contributed by atoms with Crippen molar-refractivity contribution >= 4 is 28.3 Å². The predicted molar refractivity (Wildman–Crippen MR) is 109 cm³/mol. The molecule has 0 bridgehead atoms. The number of rotatable bonds is 9. The molecule has 1 aromatic carbocycles. The lowest BCUT2D eigenvalue weighted by molar-refractivity contribution is 0.0554. The van der Waals surface area contributed by atoms with Crippen molar-refractivity contribution in [2.75, 3.05) is 33.3 Å². The highest BCUT2D eigenvalue weighted by Gasteiger charge is 2.25. The summed E-state index contributed by atoms with van der Waals surface area (Å²) in [6, 6.07) is 4.03. The van der Waals surface area contributed by atoms with Gasteiger partial charge in [-0.25, -0.2) is 14.3 Å². The third-order valence-corrected chi connectivity index (χ3v) is 4.26. The topological polar surface area (TPSA) is 164 Å². The first kappa shape index (κ1) is 24.0. The number of ether oxygens (including phenoxy) is 4. The average Bonchev–Trinajstić information content (AvgIpc) is 2.76. The highest BCUT2D eigenvalue weighted by atomic mass is 32.2. The number of nitrogens with one attached hydrogen (secondary N) is 2. The van der Waals surface area contributed by atoms with Crippen molar-refractivity contribution in [2.24, 2.45) is 0 Å². The molecule has 2 amide bonds. The smallest absolute Gasteiger partial charge is 0.411 e. The van der Waals surface area contributed by atoms with Crippen LogP contribution in [0.1, 0.15) is 10.4 Å². The molecular weight excluding hydrogens is 448 g/mol. The van der Waals surface area contributed by atoms with E-state index in [1.165, 1.54) is 45.6 Å². The van der Waals surface area contributed by atoms with E-state index in [1.54, 1.807) is 4.72 Å². The molecule has 0 saturated heterocycles. The molecule has 2 N–H and O–H groups in total. The van der Waals surface area contributed by atoms with Gasteiger partial charge in [0.15, 0.2) is 12.4 Å². The molecule has 2 rings (SSSR count). The van der Waals surface area contributed by atoms with Gasteiger partial charge in [-0.1, -0.05) is 12.0 Å². The van der Waals surface area contributed by atoms with Gasteiger partial charge in [-0.2, -0.15) is 18.4 Å². The molecule has 32 heavy (non-hydrogen) atoms. The van der Waals surface area contributed by atoms with Crippen molar-refractivity contribution in [2.45, 2.75) is 0 Å². The summed E-state index contributed by atoms with van der Waals surface area (Å²) >= 11 is 0. The monoisotopic (exact) mass is 466 g/mol. The van der Waals surface area contributed by atoms with Crippen molar-refractivity contribution in [3.8, 4) is 35.6 Å². The minimum atomic E-state index is -4.80. The van der Waals surface area contributed by atoms with Crippen molar-refractivity contribution in [1.29, 1.82) is 0 Å². The Balaban J connectivity index is 2.22. The van der Waals surface area contributed by atoms with Crippen molar-refractivity contribution in [3.63, 3.8) is 0 Å². The fourth-order valence-corrected chi connectivity index (χ4v) is 2.86. The molecule has 0 aliphatic carbocycles. The number of carbonyl (C=O) groups excluding carboxylic acids is 2. The number of hydrogen-bond acceptors (Lipinski definition) is 11. The summed E-state index contributed by atoms with van der Waals surface area (Å²) in [5, 5.41) is 2.09. The Morgan fingerprint density at radius 2 is 1.75 bits per heavy atom. The van der Waals surface area contributed by atoms with Gasteiger partial charge in [0.2, 0.25) is 23.5 Å². The number of esters is 1. The van der Waals surface area contributed by atoms with Crippen LogP contribution in [0.5, 0.6) is 23.3 Å². The van der Waals surface area contributed by atoms with E-state index in [1.807, 2.05) is 0 Å². The van der Waals surface area contributed by atoms with Crippen molar-refractivity contribution in [1.82, 2.24) is 14.7 Å². The highest BCUT2D eigenvalue weighted by molar-refractivity contribution is 7.85. The van der Waals surface area contributed by atoms with Gasteiger partial charge in [-0.05, 0) is 12.1 Å². The minimum absolute atomic E-state index is 0.0513. The maximum atomic E-state index is 12.4. The molecule has 170 valence electrons. The second-order valence-corrected chi connectivity index (χ2v) is 6.77. The van der Waals surface area contributed by atoms with Gasteiger partial charge < -0.3 is 23.1 Å². The number of methoxy groups -OCH3 is 3. The zero-order valence-corrected chi connectivity index (χ0v) is 17.9. The van der Waals surface area contributed by atoms with Crippen LogP contribution in [-0.2, 0) is 15.0 Å². The van der Waals surface area contributed by atoms with Gasteiger partial charge in [0.1, 0.15) is 5.56 Å². The van der Waals surface area contributed by atoms with E-state index in [0.29, 0.717) is 0 Å². The van der Waals surface area contributed by atoms with Crippen molar-refractivity contribution < 1.29 is 41.1 Å². The Bertz CT molecular complexity index is 1120. The van der Waals surface area contributed by atoms with E-state index in [-0.39, 0.29) is 35.6 Å². The average molecular weight is 466 g/mol. The van der Waals surface area contributed by atoms with Gasteiger partial charge in [-0.3, -0.25) is 5.32 Å². The van der Waals surface area contributed by atoms with Gasteiger partial charge in [-0.15, -0.1) is 6.42 Å². The first-order valence-corrected chi connectivity index (χ1v) is 9.91. The second kappa shape index (κ2) is 10.7. The third kappa shape index (κ3) is 6.37.